The van der Waals surface area contributed by atoms with E-state index in [1.54, 1.807) is 12.1 Å². The molecule has 0 aromatic heterocycles. The third kappa shape index (κ3) is 3.12. The second-order valence-electron chi connectivity index (χ2n) is 3.63. The minimum absolute atomic E-state index is 0.0944. The Bertz CT molecular complexity index is 556. The number of carbonyl (C=O) groups excluding carboxylic acids is 1. The van der Waals surface area contributed by atoms with Crippen LogP contribution in [0.15, 0.2) is 34.5 Å². The van der Waals surface area contributed by atoms with Gasteiger partial charge in [-0.25, -0.2) is 0 Å². The van der Waals surface area contributed by atoms with Crippen molar-refractivity contribution in [2.45, 2.75) is 13.0 Å². The summed E-state index contributed by atoms with van der Waals surface area (Å²) in [6.07, 6.45) is 1.71. The van der Waals surface area contributed by atoms with Crippen molar-refractivity contribution in [1.82, 2.24) is 0 Å². The number of ether oxygens (including phenoxy) is 2. The van der Waals surface area contributed by atoms with E-state index in [2.05, 4.69) is 15.0 Å². The Hall–Kier alpha value is -2.31. The fraction of sp³-hybridized carbons (Fsp3) is 0.250. The molecule has 0 bridgehead atoms. The summed E-state index contributed by atoms with van der Waals surface area (Å²) in [5, 5.41) is 7.13. The molecule has 1 aromatic carbocycles. The van der Waals surface area contributed by atoms with Crippen LogP contribution in [0.2, 0.25) is 0 Å². The monoisotopic (exact) mass is 268 g/mol. The number of amides is 1. The molecule has 0 unspecified atom stereocenters. The molecule has 0 radical (unpaired) electrons. The number of carbonyl (C=O) groups is 1. The van der Waals surface area contributed by atoms with E-state index in [9.17, 15) is 13.6 Å². The van der Waals surface area contributed by atoms with Gasteiger partial charge in [0.05, 0.1) is 19.2 Å². The maximum Gasteiger partial charge on any atom is 0.387 e. The summed E-state index contributed by atoms with van der Waals surface area (Å²) in [5.41, 5.74) is 0.953. The third-order valence-corrected chi connectivity index (χ3v) is 2.41. The number of halogens is 2. The lowest BCUT2D eigenvalue weighted by molar-refractivity contribution is -0.117. The van der Waals surface area contributed by atoms with E-state index in [0.717, 1.165) is 0 Å². The minimum atomic E-state index is -2.95. The van der Waals surface area contributed by atoms with E-state index in [4.69, 9.17) is 4.74 Å². The first-order chi connectivity index (χ1) is 9.10. The van der Waals surface area contributed by atoms with Crippen LogP contribution in [0, 0.1) is 0 Å². The molecule has 0 spiro atoms. The first-order valence-corrected chi connectivity index (χ1v) is 5.38. The minimum Gasteiger partial charge on any atom is -0.493 e. The highest BCUT2D eigenvalue weighted by Crippen LogP contribution is 2.33. The van der Waals surface area contributed by atoms with E-state index in [1.165, 1.54) is 19.2 Å². The van der Waals surface area contributed by atoms with E-state index in [0.29, 0.717) is 11.3 Å². The summed E-state index contributed by atoms with van der Waals surface area (Å²) >= 11 is 0. The second-order valence-corrected chi connectivity index (χ2v) is 3.63. The van der Waals surface area contributed by atoms with Crippen molar-refractivity contribution in [2.75, 3.05) is 7.11 Å². The van der Waals surface area contributed by atoms with Crippen LogP contribution in [0.5, 0.6) is 11.5 Å². The predicted molar refractivity (Wildman–Crippen MR) is 62.1 cm³/mol. The fourth-order valence-electron chi connectivity index (χ4n) is 1.57. The summed E-state index contributed by atoms with van der Waals surface area (Å²) in [7, 11) is 1.35. The number of benzene rings is 1. The zero-order valence-corrected chi connectivity index (χ0v) is 9.97. The first-order valence-electron chi connectivity index (χ1n) is 5.38. The van der Waals surface area contributed by atoms with Gasteiger partial charge in [0, 0.05) is 5.56 Å². The van der Waals surface area contributed by atoms with Crippen molar-refractivity contribution < 1.29 is 23.0 Å². The van der Waals surface area contributed by atoms with Gasteiger partial charge in [0.1, 0.15) is 0 Å². The molecular formula is C12H10F2N2O3. The number of hydrogen-bond donors (Lipinski definition) is 0. The highest BCUT2D eigenvalue weighted by molar-refractivity contribution is 5.83. The van der Waals surface area contributed by atoms with Gasteiger partial charge in [-0.05, 0) is 24.3 Å². The fourth-order valence-corrected chi connectivity index (χ4v) is 1.57. The van der Waals surface area contributed by atoms with E-state index in [-0.39, 0.29) is 23.8 Å². The van der Waals surface area contributed by atoms with Crippen molar-refractivity contribution in [3.8, 4) is 11.5 Å². The van der Waals surface area contributed by atoms with Gasteiger partial charge < -0.3 is 9.47 Å². The van der Waals surface area contributed by atoms with Gasteiger partial charge in [-0.3, -0.25) is 4.79 Å². The van der Waals surface area contributed by atoms with Crippen molar-refractivity contribution in [3.05, 3.63) is 29.8 Å². The molecule has 100 valence electrons. The molecule has 0 aliphatic carbocycles. The van der Waals surface area contributed by atoms with Crippen molar-refractivity contribution in [1.29, 1.82) is 0 Å². The van der Waals surface area contributed by atoms with Crippen LogP contribution in [0.25, 0.3) is 5.70 Å². The SMILES string of the molecule is COc1ccc(C2=CCC(=O)N=N2)cc1OC(F)F. The van der Waals surface area contributed by atoms with E-state index < -0.39 is 6.61 Å². The van der Waals surface area contributed by atoms with Crippen LogP contribution in [0.3, 0.4) is 0 Å². The Morgan fingerprint density at radius 2 is 2.05 bits per heavy atom. The number of nitrogens with zero attached hydrogens (tertiary/aromatic N) is 2. The lowest BCUT2D eigenvalue weighted by atomic mass is 10.1. The molecule has 0 fully saturated rings. The number of alkyl halides is 2. The molecule has 0 atom stereocenters. The summed E-state index contributed by atoms with van der Waals surface area (Å²) in [4.78, 5) is 10.9. The van der Waals surface area contributed by atoms with Crippen LogP contribution in [0.1, 0.15) is 12.0 Å². The smallest absolute Gasteiger partial charge is 0.387 e. The Morgan fingerprint density at radius 3 is 2.63 bits per heavy atom. The number of azo groups is 1. The van der Waals surface area contributed by atoms with Crippen LogP contribution in [-0.2, 0) is 4.79 Å². The average Bonchev–Trinajstić information content (AvgIpc) is 2.39. The standard InChI is InChI=1S/C12H10F2N2O3/c1-18-9-4-2-7(6-10(9)19-12(13)14)8-3-5-11(17)16-15-8/h2-4,6,12H,5H2,1H3. The molecule has 7 heteroatoms. The number of hydrogen-bond acceptors (Lipinski definition) is 4. The Labute approximate surface area is 107 Å². The molecule has 0 saturated heterocycles. The molecule has 1 aromatic rings. The van der Waals surface area contributed by atoms with Gasteiger partial charge in [0.25, 0.3) is 5.91 Å². The molecular weight excluding hydrogens is 258 g/mol. The van der Waals surface area contributed by atoms with Gasteiger partial charge in [-0.2, -0.15) is 8.78 Å². The number of rotatable bonds is 4. The quantitative estimate of drug-likeness (QED) is 0.843. The van der Waals surface area contributed by atoms with Gasteiger partial charge >= 0.3 is 6.61 Å². The summed E-state index contributed by atoms with van der Waals surface area (Å²) in [6.45, 7) is -2.95. The third-order valence-electron chi connectivity index (χ3n) is 2.41. The largest absolute Gasteiger partial charge is 0.493 e. The van der Waals surface area contributed by atoms with Crippen molar-refractivity contribution in [3.63, 3.8) is 0 Å². The van der Waals surface area contributed by atoms with Gasteiger partial charge in [-0.1, -0.05) is 0 Å². The maximum absolute atomic E-state index is 12.3. The number of methoxy groups -OCH3 is 1. The summed E-state index contributed by atoms with van der Waals surface area (Å²) < 4.78 is 33.8. The highest BCUT2D eigenvalue weighted by Gasteiger charge is 2.14. The zero-order chi connectivity index (χ0) is 13.8. The van der Waals surface area contributed by atoms with Gasteiger partial charge in [0.15, 0.2) is 11.5 Å². The molecule has 5 nitrogen and oxygen atoms in total. The van der Waals surface area contributed by atoms with Crippen LogP contribution < -0.4 is 9.47 Å². The van der Waals surface area contributed by atoms with Crippen LogP contribution in [0.4, 0.5) is 8.78 Å². The molecule has 0 saturated carbocycles. The summed E-state index contributed by atoms with van der Waals surface area (Å²) in [6, 6.07) is 4.48. The zero-order valence-electron chi connectivity index (χ0n) is 9.97. The van der Waals surface area contributed by atoms with Crippen molar-refractivity contribution in [2.24, 2.45) is 10.2 Å². The molecule has 1 amide bonds. The Balaban J connectivity index is 2.32. The lowest BCUT2D eigenvalue weighted by Gasteiger charge is -2.12. The van der Waals surface area contributed by atoms with Crippen LogP contribution in [-0.4, -0.2) is 19.6 Å². The van der Waals surface area contributed by atoms with E-state index >= 15 is 0 Å². The van der Waals surface area contributed by atoms with Gasteiger partial charge in [0.2, 0.25) is 0 Å². The topological polar surface area (TPSA) is 60.2 Å². The maximum atomic E-state index is 12.3. The summed E-state index contributed by atoms with van der Waals surface area (Å²) in [5.74, 6) is -0.252. The van der Waals surface area contributed by atoms with Gasteiger partial charge in [-0.15, -0.1) is 10.2 Å². The van der Waals surface area contributed by atoms with E-state index in [1.807, 2.05) is 0 Å². The van der Waals surface area contributed by atoms with Crippen LogP contribution >= 0.6 is 0 Å². The Morgan fingerprint density at radius 1 is 1.26 bits per heavy atom. The predicted octanol–water partition coefficient (Wildman–Crippen LogP) is 3.02. The highest BCUT2D eigenvalue weighted by atomic mass is 19.3. The Kier molecular flexibility index (Phi) is 3.84. The second kappa shape index (κ2) is 5.55. The molecule has 0 N–H and O–H groups in total. The molecule has 1 aliphatic rings. The van der Waals surface area contributed by atoms with Crippen molar-refractivity contribution >= 4 is 11.6 Å². The molecule has 1 heterocycles. The molecule has 19 heavy (non-hydrogen) atoms. The lowest BCUT2D eigenvalue weighted by Crippen LogP contribution is -2.04. The molecule has 1 aliphatic heterocycles. The normalized spacial score (nSPS) is 14.5. The first kappa shape index (κ1) is 13.1. The molecule has 2 rings (SSSR count). The average molecular weight is 268 g/mol.